The lowest BCUT2D eigenvalue weighted by atomic mass is 10.2. The number of nitrogens with one attached hydrogen (secondary N) is 2. The monoisotopic (exact) mass is 357 g/mol. The molecular formula is C22H19N3O2. The van der Waals surface area contributed by atoms with E-state index in [0.717, 1.165) is 5.56 Å². The first kappa shape index (κ1) is 18.1. The molecule has 1 aromatic heterocycles. The highest BCUT2D eigenvalue weighted by atomic mass is 16.2. The summed E-state index contributed by atoms with van der Waals surface area (Å²) in [5, 5.41) is 5.50. The number of aromatic nitrogens is 1. The molecule has 0 saturated heterocycles. The van der Waals surface area contributed by atoms with E-state index in [9.17, 15) is 9.59 Å². The van der Waals surface area contributed by atoms with Crippen molar-refractivity contribution in [3.8, 4) is 0 Å². The lowest BCUT2D eigenvalue weighted by molar-refractivity contribution is -0.113. The fourth-order valence-electron chi connectivity index (χ4n) is 2.41. The van der Waals surface area contributed by atoms with Gasteiger partial charge in [0.25, 0.3) is 11.8 Å². The van der Waals surface area contributed by atoms with Gasteiger partial charge in [0.15, 0.2) is 0 Å². The van der Waals surface area contributed by atoms with Crippen LogP contribution in [0.4, 0.5) is 5.69 Å². The smallest absolute Gasteiger partial charge is 0.272 e. The minimum Gasteiger partial charge on any atom is -0.321 e. The Morgan fingerprint density at radius 2 is 1.67 bits per heavy atom. The van der Waals surface area contributed by atoms with Gasteiger partial charge in [-0.1, -0.05) is 42.0 Å². The van der Waals surface area contributed by atoms with Crippen LogP contribution in [0, 0.1) is 6.92 Å². The average molecular weight is 357 g/mol. The minimum absolute atomic E-state index is 0.137. The van der Waals surface area contributed by atoms with Crippen molar-refractivity contribution in [2.45, 2.75) is 6.92 Å². The van der Waals surface area contributed by atoms with E-state index < -0.39 is 5.91 Å². The molecule has 0 bridgehead atoms. The number of hydrogen-bond acceptors (Lipinski definition) is 3. The Labute approximate surface area is 157 Å². The molecule has 2 amide bonds. The Bertz CT molecular complexity index is 950. The largest absolute Gasteiger partial charge is 0.321 e. The number of anilines is 1. The van der Waals surface area contributed by atoms with E-state index in [-0.39, 0.29) is 11.6 Å². The van der Waals surface area contributed by atoms with E-state index >= 15 is 0 Å². The van der Waals surface area contributed by atoms with Crippen LogP contribution < -0.4 is 10.6 Å². The van der Waals surface area contributed by atoms with Gasteiger partial charge < -0.3 is 10.6 Å². The summed E-state index contributed by atoms with van der Waals surface area (Å²) in [6, 6.07) is 19.8. The normalized spacial score (nSPS) is 10.9. The molecule has 0 atom stereocenters. The van der Waals surface area contributed by atoms with Gasteiger partial charge in [-0.3, -0.25) is 14.6 Å². The van der Waals surface area contributed by atoms with Crippen molar-refractivity contribution in [3.63, 3.8) is 0 Å². The van der Waals surface area contributed by atoms with E-state index in [1.54, 1.807) is 54.9 Å². The number of rotatable bonds is 5. The van der Waals surface area contributed by atoms with Crippen molar-refractivity contribution in [2.75, 3.05) is 5.32 Å². The van der Waals surface area contributed by atoms with E-state index in [2.05, 4.69) is 15.6 Å². The lowest BCUT2D eigenvalue weighted by Crippen LogP contribution is -2.30. The maximum Gasteiger partial charge on any atom is 0.272 e. The molecule has 0 unspecified atom stereocenters. The quantitative estimate of drug-likeness (QED) is 0.682. The molecule has 1 heterocycles. The molecule has 3 aromatic rings. The van der Waals surface area contributed by atoms with Crippen LogP contribution in [-0.4, -0.2) is 16.8 Å². The molecule has 5 heteroatoms. The SMILES string of the molecule is Cc1ccc(NC(=O)/C(=C/c2cccnc2)NC(=O)c2ccccc2)cc1. The van der Waals surface area contributed by atoms with Gasteiger partial charge >= 0.3 is 0 Å². The summed E-state index contributed by atoms with van der Waals surface area (Å²) in [6.07, 6.45) is 4.86. The Hall–Kier alpha value is -3.73. The second-order valence-electron chi connectivity index (χ2n) is 5.98. The standard InChI is InChI=1S/C22H19N3O2/c1-16-9-11-19(12-10-16)24-22(27)20(14-17-6-5-13-23-15-17)25-21(26)18-7-3-2-4-8-18/h2-15H,1H3,(H,24,27)(H,25,26)/b20-14-. The van der Waals surface area contributed by atoms with Gasteiger partial charge in [0, 0.05) is 23.6 Å². The molecule has 0 saturated carbocycles. The molecule has 5 nitrogen and oxygen atoms in total. The van der Waals surface area contributed by atoms with Crippen LogP contribution >= 0.6 is 0 Å². The zero-order valence-electron chi connectivity index (χ0n) is 14.8. The zero-order chi connectivity index (χ0) is 19.1. The van der Waals surface area contributed by atoms with Crippen molar-refractivity contribution in [1.29, 1.82) is 0 Å². The highest BCUT2D eigenvalue weighted by Crippen LogP contribution is 2.12. The fourth-order valence-corrected chi connectivity index (χ4v) is 2.41. The van der Waals surface area contributed by atoms with Gasteiger partial charge in [-0.05, 0) is 48.9 Å². The molecule has 3 rings (SSSR count). The van der Waals surface area contributed by atoms with Gasteiger partial charge in [0.2, 0.25) is 0 Å². The van der Waals surface area contributed by atoms with Crippen LogP contribution in [0.15, 0.2) is 84.8 Å². The Kier molecular flexibility index (Phi) is 5.74. The van der Waals surface area contributed by atoms with Crippen molar-refractivity contribution < 1.29 is 9.59 Å². The zero-order valence-corrected chi connectivity index (χ0v) is 14.8. The maximum atomic E-state index is 12.8. The van der Waals surface area contributed by atoms with Gasteiger partial charge in [-0.2, -0.15) is 0 Å². The predicted octanol–water partition coefficient (Wildman–Crippen LogP) is 3.80. The lowest BCUT2D eigenvalue weighted by Gasteiger charge is -2.11. The summed E-state index contributed by atoms with van der Waals surface area (Å²) in [7, 11) is 0. The van der Waals surface area contributed by atoms with E-state index in [4.69, 9.17) is 0 Å². The molecule has 0 aliphatic rings. The van der Waals surface area contributed by atoms with Crippen LogP contribution in [0.3, 0.4) is 0 Å². The van der Waals surface area contributed by atoms with E-state index in [1.807, 2.05) is 37.3 Å². The number of hydrogen-bond donors (Lipinski definition) is 2. The van der Waals surface area contributed by atoms with Crippen molar-refractivity contribution in [2.24, 2.45) is 0 Å². The molecule has 0 spiro atoms. The van der Waals surface area contributed by atoms with Gasteiger partial charge in [0.05, 0.1) is 0 Å². The Morgan fingerprint density at radius 1 is 0.926 bits per heavy atom. The first-order valence-corrected chi connectivity index (χ1v) is 8.48. The number of pyridine rings is 1. The molecule has 27 heavy (non-hydrogen) atoms. The molecular weight excluding hydrogens is 338 g/mol. The highest BCUT2D eigenvalue weighted by Gasteiger charge is 2.15. The third-order valence-electron chi connectivity index (χ3n) is 3.83. The molecule has 0 radical (unpaired) electrons. The Balaban J connectivity index is 1.85. The van der Waals surface area contributed by atoms with E-state index in [1.165, 1.54) is 0 Å². The van der Waals surface area contributed by atoms with Crippen LogP contribution in [0.1, 0.15) is 21.5 Å². The summed E-state index contributed by atoms with van der Waals surface area (Å²) in [4.78, 5) is 29.3. The third kappa shape index (κ3) is 5.12. The summed E-state index contributed by atoms with van der Waals surface area (Å²) in [6.45, 7) is 1.97. The third-order valence-corrected chi connectivity index (χ3v) is 3.83. The molecule has 134 valence electrons. The second-order valence-corrected chi connectivity index (χ2v) is 5.98. The summed E-state index contributed by atoms with van der Waals surface area (Å²) >= 11 is 0. The Morgan fingerprint density at radius 3 is 2.33 bits per heavy atom. The number of carbonyl (C=O) groups excluding carboxylic acids is 2. The average Bonchev–Trinajstić information content (AvgIpc) is 2.70. The molecule has 0 aliphatic carbocycles. The van der Waals surface area contributed by atoms with Crippen LogP contribution in [0.2, 0.25) is 0 Å². The first-order chi connectivity index (χ1) is 13.1. The topological polar surface area (TPSA) is 71.1 Å². The summed E-state index contributed by atoms with van der Waals surface area (Å²) in [5.41, 5.74) is 3.06. The van der Waals surface area contributed by atoms with Gasteiger partial charge in [0.1, 0.15) is 5.70 Å². The van der Waals surface area contributed by atoms with Crippen molar-refractivity contribution in [1.82, 2.24) is 10.3 Å². The van der Waals surface area contributed by atoms with Crippen LogP contribution in [-0.2, 0) is 4.79 Å². The predicted molar refractivity (Wildman–Crippen MR) is 106 cm³/mol. The molecule has 2 N–H and O–H groups in total. The fraction of sp³-hybridized carbons (Fsp3) is 0.0455. The second kappa shape index (κ2) is 8.58. The van der Waals surface area contributed by atoms with Crippen LogP contribution in [0.5, 0.6) is 0 Å². The van der Waals surface area contributed by atoms with E-state index in [0.29, 0.717) is 16.8 Å². The maximum absolute atomic E-state index is 12.8. The first-order valence-electron chi connectivity index (χ1n) is 8.48. The number of carbonyl (C=O) groups is 2. The molecule has 2 aromatic carbocycles. The van der Waals surface area contributed by atoms with Gasteiger partial charge in [-0.25, -0.2) is 0 Å². The van der Waals surface area contributed by atoms with Crippen LogP contribution in [0.25, 0.3) is 6.08 Å². The van der Waals surface area contributed by atoms with Crippen molar-refractivity contribution in [3.05, 3.63) is 102 Å². The number of amides is 2. The highest BCUT2D eigenvalue weighted by molar-refractivity contribution is 6.10. The minimum atomic E-state index is -0.410. The summed E-state index contributed by atoms with van der Waals surface area (Å²) in [5.74, 6) is -0.767. The number of nitrogens with zero attached hydrogens (tertiary/aromatic N) is 1. The van der Waals surface area contributed by atoms with Gasteiger partial charge in [-0.15, -0.1) is 0 Å². The molecule has 0 fully saturated rings. The number of benzene rings is 2. The summed E-state index contributed by atoms with van der Waals surface area (Å²) < 4.78 is 0. The molecule has 0 aliphatic heterocycles. The van der Waals surface area contributed by atoms with Crippen molar-refractivity contribution >= 4 is 23.6 Å². The number of aryl methyl sites for hydroxylation is 1.